The molecule has 12 heteroatoms. The Morgan fingerprint density at radius 3 is 2.39 bits per heavy atom. The van der Waals surface area contributed by atoms with Crippen LogP contribution in [0.2, 0.25) is 0 Å². The second-order valence-electron chi connectivity index (χ2n) is 9.80. The van der Waals surface area contributed by atoms with E-state index in [1.54, 1.807) is 24.3 Å². The summed E-state index contributed by atoms with van der Waals surface area (Å²) in [4.78, 5) is 53.2. The highest BCUT2D eigenvalue weighted by Crippen LogP contribution is 2.14. The first kappa shape index (κ1) is 29.2. The number of aromatic nitrogens is 2. The maximum atomic E-state index is 12.6. The lowest BCUT2D eigenvalue weighted by Crippen LogP contribution is -2.51. The van der Waals surface area contributed by atoms with Gasteiger partial charge in [0.15, 0.2) is 0 Å². The number of aliphatic hydroxyl groups excluding tert-OH is 1. The molecular formula is C29H31N7O5. The van der Waals surface area contributed by atoms with E-state index >= 15 is 0 Å². The van der Waals surface area contributed by atoms with Crippen LogP contribution in [0, 0.1) is 11.8 Å². The Hall–Kier alpha value is -4.83. The zero-order chi connectivity index (χ0) is 29.4. The van der Waals surface area contributed by atoms with Crippen molar-refractivity contribution in [1.29, 1.82) is 0 Å². The topological polar surface area (TPSA) is 180 Å². The van der Waals surface area contributed by atoms with Gasteiger partial charge in [0.1, 0.15) is 11.4 Å². The summed E-state index contributed by atoms with van der Waals surface area (Å²) in [6.45, 7) is 1.82. The maximum Gasteiger partial charge on any atom is 0.350 e. The fraction of sp³-hybridized carbons (Fsp3) is 0.276. The molecule has 1 saturated heterocycles. The predicted octanol–water partition coefficient (Wildman–Crippen LogP) is 0.886. The molecule has 41 heavy (non-hydrogen) atoms. The Morgan fingerprint density at radius 2 is 1.76 bits per heavy atom. The van der Waals surface area contributed by atoms with Gasteiger partial charge in [-0.25, -0.2) is 4.79 Å². The number of carbonyl (C=O) groups excluding carboxylic acids is 3. The van der Waals surface area contributed by atoms with Crippen molar-refractivity contribution in [2.75, 3.05) is 29.1 Å². The SMILES string of the molecule is C[C@](N)(CO)C(=O)Nc1ccc(C(=O)Nc2ccn(CC#Cc3ccc(NC(=O)C4CCCN4)cc3)c(=O)n2)cc1. The third-order valence-corrected chi connectivity index (χ3v) is 6.38. The Morgan fingerprint density at radius 1 is 1.07 bits per heavy atom. The van der Waals surface area contributed by atoms with Crippen molar-refractivity contribution < 1.29 is 19.5 Å². The highest BCUT2D eigenvalue weighted by atomic mass is 16.3. The Kier molecular flexibility index (Phi) is 9.26. The van der Waals surface area contributed by atoms with E-state index < -0.39 is 29.6 Å². The molecule has 0 radical (unpaired) electrons. The maximum absolute atomic E-state index is 12.6. The summed E-state index contributed by atoms with van der Waals surface area (Å²) in [5.41, 5.74) is 5.77. The largest absolute Gasteiger partial charge is 0.394 e. The van der Waals surface area contributed by atoms with Gasteiger partial charge in [0, 0.05) is 28.7 Å². The predicted molar refractivity (Wildman–Crippen MR) is 154 cm³/mol. The van der Waals surface area contributed by atoms with Crippen molar-refractivity contribution in [1.82, 2.24) is 14.9 Å². The Bertz CT molecular complexity index is 1530. The van der Waals surface area contributed by atoms with Gasteiger partial charge in [-0.3, -0.25) is 19.0 Å². The monoisotopic (exact) mass is 557 g/mol. The average molecular weight is 558 g/mol. The van der Waals surface area contributed by atoms with Crippen molar-refractivity contribution in [3.05, 3.63) is 82.4 Å². The summed E-state index contributed by atoms with van der Waals surface area (Å²) in [6, 6.07) is 14.5. The van der Waals surface area contributed by atoms with Crippen molar-refractivity contribution >= 4 is 34.9 Å². The summed E-state index contributed by atoms with van der Waals surface area (Å²) in [6.07, 6.45) is 3.30. The standard InChI is InChI=1S/C29H31N7O5/c1-29(30,18-37)27(40)33-22-12-8-20(9-13-22)25(38)34-24-14-17-36(28(41)35-24)16-3-4-19-6-10-21(11-7-19)32-26(39)23-5-2-15-31-23/h6-14,17,23,31,37H,2,5,15-16,18,30H2,1H3,(H,32,39)(H,33,40)(H,34,35,38,41)/t23?,29-/m0/s1. The van der Waals surface area contributed by atoms with Crippen LogP contribution in [0.4, 0.5) is 17.2 Å². The first-order valence-corrected chi connectivity index (χ1v) is 13.0. The van der Waals surface area contributed by atoms with E-state index in [0.29, 0.717) is 11.4 Å². The van der Waals surface area contributed by atoms with Crippen molar-refractivity contribution in [3.63, 3.8) is 0 Å². The molecule has 1 fully saturated rings. The summed E-state index contributed by atoms with van der Waals surface area (Å²) in [5.74, 6) is 4.86. The minimum Gasteiger partial charge on any atom is -0.394 e. The molecule has 1 aromatic heterocycles. The van der Waals surface area contributed by atoms with Gasteiger partial charge < -0.3 is 32.1 Å². The summed E-state index contributed by atoms with van der Waals surface area (Å²) >= 11 is 0. The molecule has 1 unspecified atom stereocenters. The number of nitrogens with one attached hydrogen (secondary N) is 4. The summed E-state index contributed by atoms with van der Waals surface area (Å²) < 4.78 is 1.31. The molecule has 0 bridgehead atoms. The average Bonchev–Trinajstić information content (AvgIpc) is 3.51. The lowest BCUT2D eigenvalue weighted by atomic mass is 10.0. The third kappa shape index (κ3) is 7.86. The number of hydrogen-bond acceptors (Lipinski definition) is 8. The fourth-order valence-electron chi connectivity index (χ4n) is 3.86. The van der Waals surface area contributed by atoms with E-state index in [0.717, 1.165) is 24.9 Å². The number of nitrogens with zero attached hydrogens (tertiary/aromatic N) is 2. The van der Waals surface area contributed by atoms with E-state index in [4.69, 9.17) is 5.73 Å². The van der Waals surface area contributed by atoms with Gasteiger partial charge in [-0.05, 0) is 80.9 Å². The highest BCUT2D eigenvalue weighted by molar-refractivity contribution is 6.04. The van der Waals surface area contributed by atoms with Crippen LogP contribution in [-0.4, -0.2) is 57.1 Å². The molecule has 2 heterocycles. The molecule has 12 nitrogen and oxygen atoms in total. The van der Waals surface area contributed by atoms with E-state index in [1.807, 2.05) is 0 Å². The van der Waals surface area contributed by atoms with Gasteiger partial charge in [0.25, 0.3) is 5.91 Å². The van der Waals surface area contributed by atoms with Crippen LogP contribution in [0.25, 0.3) is 0 Å². The molecule has 0 saturated carbocycles. The molecule has 1 aliphatic heterocycles. The van der Waals surface area contributed by atoms with Crippen LogP contribution in [0.1, 0.15) is 35.7 Å². The minimum absolute atomic E-state index is 0.0499. The smallest absolute Gasteiger partial charge is 0.350 e. The molecule has 4 rings (SSSR count). The van der Waals surface area contributed by atoms with Crippen LogP contribution >= 0.6 is 0 Å². The summed E-state index contributed by atoms with van der Waals surface area (Å²) in [7, 11) is 0. The molecule has 1 aliphatic rings. The first-order valence-electron chi connectivity index (χ1n) is 13.0. The van der Waals surface area contributed by atoms with Crippen LogP contribution in [0.5, 0.6) is 0 Å². The normalized spacial score (nSPS) is 15.6. The minimum atomic E-state index is -1.44. The molecule has 0 aliphatic carbocycles. The highest BCUT2D eigenvalue weighted by Gasteiger charge is 2.27. The van der Waals surface area contributed by atoms with Crippen LogP contribution in [-0.2, 0) is 16.1 Å². The number of amides is 3. The lowest BCUT2D eigenvalue weighted by molar-refractivity contribution is -0.122. The number of aliphatic hydroxyl groups is 1. The van der Waals surface area contributed by atoms with E-state index in [9.17, 15) is 24.3 Å². The number of benzene rings is 2. The number of rotatable bonds is 8. The van der Waals surface area contributed by atoms with E-state index in [2.05, 4.69) is 38.1 Å². The zero-order valence-electron chi connectivity index (χ0n) is 22.4. The van der Waals surface area contributed by atoms with Crippen LogP contribution in [0.3, 0.4) is 0 Å². The Labute approximate surface area is 236 Å². The quantitative estimate of drug-likeness (QED) is 0.221. The number of nitrogens with two attached hydrogens (primary N) is 1. The second-order valence-corrected chi connectivity index (χ2v) is 9.80. The van der Waals surface area contributed by atoms with Crippen molar-refractivity contribution in [2.24, 2.45) is 5.73 Å². The van der Waals surface area contributed by atoms with Gasteiger partial charge in [-0.15, -0.1) is 0 Å². The molecular weight excluding hydrogens is 526 g/mol. The molecule has 2 aromatic carbocycles. The van der Waals surface area contributed by atoms with Crippen molar-refractivity contribution in [3.8, 4) is 11.8 Å². The van der Waals surface area contributed by atoms with Crippen LogP contribution < -0.4 is 32.7 Å². The molecule has 2 atom stereocenters. The number of anilines is 3. The van der Waals surface area contributed by atoms with Gasteiger partial charge >= 0.3 is 5.69 Å². The summed E-state index contributed by atoms with van der Waals surface area (Å²) in [5, 5.41) is 20.4. The number of carbonyl (C=O) groups is 3. The number of hydrogen-bond donors (Lipinski definition) is 6. The zero-order valence-corrected chi connectivity index (χ0v) is 22.4. The molecule has 3 aromatic rings. The third-order valence-electron chi connectivity index (χ3n) is 6.38. The fourth-order valence-corrected chi connectivity index (χ4v) is 3.86. The molecule has 212 valence electrons. The lowest BCUT2D eigenvalue weighted by Gasteiger charge is -2.20. The first-order chi connectivity index (χ1) is 19.6. The van der Waals surface area contributed by atoms with E-state index in [-0.39, 0.29) is 29.9 Å². The Balaban J connectivity index is 1.30. The molecule has 3 amide bonds. The van der Waals surface area contributed by atoms with Gasteiger partial charge in [-0.2, -0.15) is 4.98 Å². The second kappa shape index (κ2) is 13.0. The van der Waals surface area contributed by atoms with Crippen LogP contribution in [0.15, 0.2) is 65.6 Å². The van der Waals surface area contributed by atoms with E-state index in [1.165, 1.54) is 48.0 Å². The van der Waals surface area contributed by atoms with Crippen molar-refractivity contribution in [2.45, 2.75) is 37.9 Å². The van der Waals surface area contributed by atoms with Gasteiger partial charge in [0.2, 0.25) is 11.8 Å². The molecule has 0 spiro atoms. The van der Waals surface area contributed by atoms with Gasteiger partial charge in [-0.1, -0.05) is 11.8 Å². The van der Waals surface area contributed by atoms with Gasteiger partial charge in [0.05, 0.1) is 19.2 Å². The molecule has 7 N–H and O–H groups in total.